The van der Waals surface area contributed by atoms with Gasteiger partial charge < -0.3 is 9.80 Å². The van der Waals surface area contributed by atoms with Crippen LogP contribution in [0, 0.1) is 27.7 Å². The summed E-state index contributed by atoms with van der Waals surface area (Å²) in [6.07, 6.45) is 0. The molecule has 4 heteroatoms. The SMILES string of the molecule is Cc1cc(-c2ccc(N(c3c(C)cccc3-c3ccc4ccccc4c3)c3cccc4c3sc3ccccc34)c(C)c2)ccc1N(c1c(C)cccc1-c1ccc2ccccc2c1)c1cccc2c1sc1ccccc12. The minimum Gasteiger partial charge on any atom is -0.308 e. The van der Waals surface area contributed by atoms with E-state index in [1.165, 1.54) is 140 Å². The lowest BCUT2D eigenvalue weighted by Crippen LogP contribution is -2.14. The van der Waals surface area contributed by atoms with E-state index in [0.29, 0.717) is 0 Å². The number of thiophene rings is 2. The molecule has 14 aromatic rings. The summed E-state index contributed by atoms with van der Waals surface area (Å²) in [7, 11) is 0. The van der Waals surface area contributed by atoms with E-state index in [9.17, 15) is 0 Å². The van der Waals surface area contributed by atoms with Gasteiger partial charge in [-0.2, -0.15) is 0 Å². The first kappa shape index (κ1) is 45.8. The molecule has 0 aliphatic rings. The molecule has 76 heavy (non-hydrogen) atoms. The Morgan fingerprint density at radius 3 is 1.09 bits per heavy atom. The van der Waals surface area contributed by atoms with Gasteiger partial charge in [0.15, 0.2) is 0 Å². The Morgan fingerprint density at radius 2 is 0.645 bits per heavy atom. The summed E-state index contributed by atoms with van der Waals surface area (Å²) in [6.45, 7) is 9.09. The number of hydrogen-bond acceptors (Lipinski definition) is 4. The second kappa shape index (κ2) is 18.5. The molecule has 2 heterocycles. The van der Waals surface area contributed by atoms with Crippen molar-refractivity contribution < 1.29 is 0 Å². The van der Waals surface area contributed by atoms with Gasteiger partial charge >= 0.3 is 0 Å². The zero-order chi connectivity index (χ0) is 51.0. The van der Waals surface area contributed by atoms with Crippen LogP contribution in [0.4, 0.5) is 34.1 Å². The molecule has 0 radical (unpaired) electrons. The Hall–Kier alpha value is -8.80. The summed E-state index contributed by atoms with van der Waals surface area (Å²) >= 11 is 3.76. The van der Waals surface area contributed by atoms with Crippen molar-refractivity contribution in [3.8, 4) is 33.4 Å². The smallest absolute Gasteiger partial charge is 0.0640 e. The van der Waals surface area contributed by atoms with Crippen molar-refractivity contribution >= 4 is 119 Å². The standard InChI is InChI=1S/C72H52N2S2/c1-45-17-13-25-57(55-35-33-49-19-5-7-21-51(49)43-55)69(45)73(65-29-15-27-61-59-23-9-11-31-67(59)75-71(61)65)63-39-37-53(41-47(63)3)54-38-40-64(48(4)42-54)74(66-30-16-28-62-60-24-10-12-32-68(60)76-72(62)66)70-46(2)18-14-26-58(70)56-36-34-50-20-6-8-22-52(50)44-56/h5-44H,1-4H3. The third-order valence-electron chi connectivity index (χ3n) is 15.5. The van der Waals surface area contributed by atoms with Crippen molar-refractivity contribution in [1.82, 2.24) is 0 Å². The third kappa shape index (κ3) is 7.67. The van der Waals surface area contributed by atoms with Crippen molar-refractivity contribution in [3.63, 3.8) is 0 Å². The molecular weight excluding hydrogens is 957 g/mol. The maximum atomic E-state index is 2.55. The zero-order valence-electron chi connectivity index (χ0n) is 42.8. The molecule has 0 amide bonds. The summed E-state index contributed by atoms with van der Waals surface area (Å²) in [6, 6.07) is 90.1. The van der Waals surface area contributed by atoms with Crippen LogP contribution in [0.25, 0.3) is 95.3 Å². The highest BCUT2D eigenvalue weighted by Crippen LogP contribution is 2.52. The molecule has 0 unspecified atom stereocenters. The highest BCUT2D eigenvalue weighted by atomic mass is 32.1. The van der Waals surface area contributed by atoms with E-state index in [0.717, 1.165) is 11.4 Å². The molecule has 0 spiro atoms. The van der Waals surface area contributed by atoms with Crippen molar-refractivity contribution in [2.24, 2.45) is 0 Å². The van der Waals surface area contributed by atoms with Crippen LogP contribution >= 0.6 is 22.7 Å². The first-order chi connectivity index (χ1) is 37.3. The molecular formula is C72H52N2S2. The Kier molecular flexibility index (Phi) is 11.2. The van der Waals surface area contributed by atoms with Crippen LogP contribution in [-0.2, 0) is 0 Å². The Bertz CT molecular complexity index is 4320. The van der Waals surface area contributed by atoms with Crippen LogP contribution in [0.2, 0.25) is 0 Å². The van der Waals surface area contributed by atoms with E-state index in [1.54, 1.807) is 0 Å². The van der Waals surface area contributed by atoms with Crippen LogP contribution in [0.3, 0.4) is 0 Å². The van der Waals surface area contributed by atoms with Crippen LogP contribution in [0.5, 0.6) is 0 Å². The minimum absolute atomic E-state index is 1.15. The van der Waals surface area contributed by atoms with E-state index in [2.05, 4.69) is 280 Å². The van der Waals surface area contributed by atoms with E-state index in [-0.39, 0.29) is 0 Å². The number of benzene rings is 12. The molecule has 0 saturated carbocycles. The van der Waals surface area contributed by atoms with E-state index < -0.39 is 0 Å². The topological polar surface area (TPSA) is 6.48 Å². The molecule has 14 rings (SSSR count). The normalized spacial score (nSPS) is 11.7. The predicted molar refractivity (Wildman–Crippen MR) is 332 cm³/mol. The quantitative estimate of drug-likeness (QED) is 0.142. The lowest BCUT2D eigenvalue weighted by Gasteiger charge is -2.32. The van der Waals surface area contributed by atoms with Crippen molar-refractivity contribution in [2.75, 3.05) is 9.80 Å². The molecule has 0 saturated heterocycles. The molecule has 0 atom stereocenters. The van der Waals surface area contributed by atoms with Gasteiger partial charge in [0, 0.05) is 53.4 Å². The fourth-order valence-electron chi connectivity index (χ4n) is 11.8. The summed E-state index contributed by atoms with van der Waals surface area (Å²) < 4.78 is 5.14. The van der Waals surface area contributed by atoms with Gasteiger partial charge in [0.05, 0.1) is 32.1 Å². The lowest BCUT2D eigenvalue weighted by molar-refractivity contribution is 1.23. The highest BCUT2D eigenvalue weighted by molar-refractivity contribution is 7.26. The second-order valence-electron chi connectivity index (χ2n) is 20.2. The summed E-state index contributed by atoms with van der Waals surface area (Å²) in [4.78, 5) is 5.10. The maximum Gasteiger partial charge on any atom is 0.0640 e. The second-order valence-corrected chi connectivity index (χ2v) is 22.3. The molecule has 0 N–H and O–H groups in total. The van der Waals surface area contributed by atoms with Gasteiger partial charge in [-0.3, -0.25) is 0 Å². The first-order valence-electron chi connectivity index (χ1n) is 26.1. The van der Waals surface area contributed by atoms with Crippen molar-refractivity contribution in [1.29, 1.82) is 0 Å². The largest absolute Gasteiger partial charge is 0.308 e. The molecule has 0 aliphatic carbocycles. The van der Waals surface area contributed by atoms with Gasteiger partial charge in [-0.1, -0.05) is 182 Å². The maximum absolute atomic E-state index is 2.55. The highest BCUT2D eigenvalue weighted by Gasteiger charge is 2.27. The summed E-state index contributed by atoms with van der Waals surface area (Å²) in [5.41, 5.74) is 19.0. The minimum atomic E-state index is 1.15. The number of anilines is 6. The van der Waals surface area contributed by atoms with Crippen molar-refractivity contribution in [2.45, 2.75) is 27.7 Å². The molecule has 2 aromatic heterocycles. The molecule has 2 nitrogen and oxygen atoms in total. The van der Waals surface area contributed by atoms with Crippen LogP contribution in [0.1, 0.15) is 22.3 Å². The van der Waals surface area contributed by atoms with E-state index >= 15 is 0 Å². The number of fused-ring (bicyclic) bond motifs is 8. The number of para-hydroxylation sites is 2. The average Bonchev–Trinajstić information content (AvgIpc) is 4.07. The molecule has 362 valence electrons. The fraction of sp³-hybridized carbons (Fsp3) is 0.0556. The van der Waals surface area contributed by atoms with Gasteiger partial charge in [-0.25, -0.2) is 0 Å². The number of nitrogens with zero attached hydrogens (tertiary/aromatic N) is 2. The van der Waals surface area contributed by atoms with Gasteiger partial charge in [-0.15, -0.1) is 22.7 Å². The fourth-order valence-corrected chi connectivity index (χ4v) is 14.2. The Balaban J connectivity index is 0.928. The van der Waals surface area contributed by atoms with E-state index in [1.807, 2.05) is 22.7 Å². The van der Waals surface area contributed by atoms with E-state index in [4.69, 9.17) is 0 Å². The Labute approximate surface area is 451 Å². The van der Waals surface area contributed by atoms with Crippen LogP contribution < -0.4 is 9.80 Å². The molecule has 12 aromatic carbocycles. The van der Waals surface area contributed by atoms with Gasteiger partial charge in [-0.05, 0) is 154 Å². The molecule has 0 bridgehead atoms. The monoisotopic (exact) mass is 1010 g/mol. The van der Waals surface area contributed by atoms with Crippen LogP contribution in [0.15, 0.2) is 243 Å². The van der Waals surface area contributed by atoms with Crippen LogP contribution in [-0.4, -0.2) is 0 Å². The molecule has 0 fully saturated rings. The summed E-state index contributed by atoms with van der Waals surface area (Å²) in [5, 5.41) is 10.1. The summed E-state index contributed by atoms with van der Waals surface area (Å²) in [5.74, 6) is 0. The number of aryl methyl sites for hydroxylation is 4. The first-order valence-corrected chi connectivity index (χ1v) is 27.8. The predicted octanol–water partition coefficient (Wildman–Crippen LogP) is 21.9. The number of rotatable bonds is 9. The zero-order valence-corrected chi connectivity index (χ0v) is 44.4. The van der Waals surface area contributed by atoms with Gasteiger partial charge in [0.2, 0.25) is 0 Å². The molecule has 0 aliphatic heterocycles. The lowest BCUT2D eigenvalue weighted by atomic mass is 9.94. The average molecular weight is 1010 g/mol. The Morgan fingerprint density at radius 1 is 0.263 bits per heavy atom. The van der Waals surface area contributed by atoms with Crippen molar-refractivity contribution in [3.05, 3.63) is 265 Å². The number of hydrogen-bond donors (Lipinski definition) is 0. The van der Waals surface area contributed by atoms with Gasteiger partial charge in [0.1, 0.15) is 0 Å². The van der Waals surface area contributed by atoms with Gasteiger partial charge in [0.25, 0.3) is 0 Å². The third-order valence-corrected chi connectivity index (χ3v) is 17.9.